The van der Waals surface area contributed by atoms with Crippen LogP contribution in [0.15, 0.2) is 36.4 Å². The highest BCUT2D eigenvalue weighted by atomic mass is 35.5. The Bertz CT molecular complexity index is 534. The molecule has 0 radical (unpaired) electrons. The standard InChI is InChI=1S/C12H10ClFN2O/c1-17-8-5-6-9(13)10(7-8)15-12-4-2-3-11(14)16-12/h2-7H,1H3,(H,15,16). The average molecular weight is 253 g/mol. The summed E-state index contributed by atoms with van der Waals surface area (Å²) in [7, 11) is 1.56. The summed E-state index contributed by atoms with van der Waals surface area (Å²) >= 11 is 6.00. The summed E-state index contributed by atoms with van der Waals surface area (Å²) in [6, 6.07) is 9.65. The summed E-state index contributed by atoms with van der Waals surface area (Å²) < 4.78 is 18.0. The maximum Gasteiger partial charge on any atom is 0.214 e. The number of anilines is 2. The highest BCUT2D eigenvalue weighted by Gasteiger charge is 2.04. The highest BCUT2D eigenvalue weighted by Crippen LogP contribution is 2.28. The highest BCUT2D eigenvalue weighted by molar-refractivity contribution is 6.33. The average Bonchev–Trinajstić information content (AvgIpc) is 2.32. The van der Waals surface area contributed by atoms with Crippen molar-refractivity contribution in [3.8, 4) is 5.75 Å². The molecule has 5 heteroatoms. The fourth-order valence-electron chi connectivity index (χ4n) is 1.34. The number of pyridine rings is 1. The third kappa shape index (κ3) is 2.85. The first-order chi connectivity index (χ1) is 8.19. The predicted octanol–water partition coefficient (Wildman–Crippen LogP) is 3.63. The van der Waals surface area contributed by atoms with Crippen LogP contribution in [-0.4, -0.2) is 12.1 Å². The molecule has 0 aliphatic rings. The number of nitrogens with zero attached hydrogens (tertiary/aromatic N) is 1. The van der Waals surface area contributed by atoms with Crippen molar-refractivity contribution in [3.05, 3.63) is 47.4 Å². The summed E-state index contributed by atoms with van der Waals surface area (Å²) in [4.78, 5) is 3.69. The molecule has 1 aromatic carbocycles. The Morgan fingerprint density at radius 3 is 2.82 bits per heavy atom. The van der Waals surface area contributed by atoms with Crippen LogP contribution in [0.1, 0.15) is 0 Å². The number of rotatable bonds is 3. The molecule has 0 bridgehead atoms. The van der Waals surface area contributed by atoms with Gasteiger partial charge in [0.1, 0.15) is 11.6 Å². The van der Waals surface area contributed by atoms with Crippen molar-refractivity contribution >= 4 is 23.1 Å². The van der Waals surface area contributed by atoms with Crippen molar-refractivity contribution in [1.82, 2.24) is 4.98 Å². The lowest BCUT2D eigenvalue weighted by molar-refractivity contribution is 0.415. The molecule has 0 unspecified atom stereocenters. The smallest absolute Gasteiger partial charge is 0.214 e. The maximum atomic E-state index is 12.9. The summed E-state index contributed by atoms with van der Waals surface area (Å²) in [6.07, 6.45) is 0. The van der Waals surface area contributed by atoms with Crippen LogP contribution in [0.4, 0.5) is 15.9 Å². The molecule has 88 valence electrons. The lowest BCUT2D eigenvalue weighted by Crippen LogP contribution is -1.96. The van der Waals surface area contributed by atoms with Gasteiger partial charge in [0.15, 0.2) is 0 Å². The van der Waals surface area contributed by atoms with Crippen molar-refractivity contribution in [3.63, 3.8) is 0 Å². The van der Waals surface area contributed by atoms with Gasteiger partial charge in [-0.3, -0.25) is 0 Å². The lowest BCUT2D eigenvalue weighted by Gasteiger charge is -2.09. The molecule has 3 nitrogen and oxygen atoms in total. The molecule has 1 heterocycles. The topological polar surface area (TPSA) is 34.1 Å². The molecule has 17 heavy (non-hydrogen) atoms. The number of aromatic nitrogens is 1. The number of benzene rings is 1. The summed E-state index contributed by atoms with van der Waals surface area (Å²) in [5.41, 5.74) is 0.615. The Balaban J connectivity index is 2.29. The Labute approximate surface area is 103 Å². The molecule has 0 aliphatic heterocycles. The number of ether oxygens (including phenoxy) is 1. The lowest BCUT2D eigenvalue weighted by atomic mass is 10.3. The second-order valence-electron chi connectivity index (χ2n) is 3.32. The van der Waals surface area contributed by atoms with Gasteiger partial charge in [-0.05, 0) is 24.3 Å². The maximum absolute atomic E-state index is 12.9. The Morgan fingerprint density at radius 1 is 1.29 bits per heavy atom. The third-order valence-electron chi connectivity index (χ3n) is 2.15. The molecular formula is C12H10ClFN2O. The van der Waals surface area contributed by atoms with E-state index in [1.54, 1.807) is 37.4 Å². The quantitative estimate of drug-likeness (QED) is 0.847. The van der Waals surface area contributed by atoms with Crippen LogP contribution in [0.2, 0.25) is 5.02 Å². The van der Waals surface area contributed by atoms with Crippen LogP contribution in [-0.2, 0) is 0 Å². The number of nitrogens with one attached hydrogen (secondary N) is 1. The van der Waals surface area contributed by atoms with Crippen LogP contribution in [0.5, 0.6) is 5.75 Å². The molecule has 0 atom stereocenters. The monoisotopic (exact) mass is 252 g/mol. The Morgan fingerprint density at radius 2 is 2.12 bits per heavy atom. The van der Waals surface area contributed by atoms with Crippen molar-refractivity contribution < 1.29 is 9.13 Å². The van der Waals surface area contributed by atoms with Crippen LogP contribution in [0.3, 0.4) is 0 Å². The van der Waals surface area contributed by atoms with Crippen molar-refractivity contribution in [1.29, 1.82) is 0 Å². The number of halogens is 2. The zero-order valence-corrected chi connectivity index (χ0v) is 9.83. The van der Waals surface area contributed by atoms with E-state index in [1.807, 2.05) is 0 Å². The van der Waals surface area contributed by atoms with Gasteiger partial charge in [-0.15, -0.1) is 0 Å². The van der Waals surface area contributed by atoms with Crippen LogP contribution >= 0.6 is 11.6 Å². The molecule has 0 spiro atoms. The van der Waals surface area contributed by atoms with Gasteiger partial charge in [0, 0.05) is 6.07 Å². The van der Waals surface area contributed by atoms with E-state index in [4.69, 9.17) is 16.3 Å². The normalized spacial score (nSPS) is 10.1. The predicted molar refractivity (Wildman–Crippen MR) is 65.5 cm³/mol. The zero-order valence-electron chi connectivity index (χ0n) is 9.08. The van der Waals surface area contributed by atoms with Gasteiger partial charge < -0.3 is 10.1 Å². The van der Waals surface area contributed by atoms with Crippen molar-refractivity contribution in [2.24, 2.45) is 0 Å². The van der Waals surface area contributed by atoms with Gasteiger partial charge in [0.05, 0.1) is 17.8 Å². The van der Waals surface area contributed by atoms with E-state index in [1.165, 1.54) is 6.07 Å². The van der Waals surface area contributed by atoms with Gasteiger partial charge in [-0.1, -0.05) is 17.7 Å². The first-order valence-electron chi connectivity index (χ1n) is 4.92. The van der Waals surface area contributed by atoms with E-state index in [0.29, 0.717) is 22.3 Å². The van der Waals surface area contributed by atoms with Gasteiger partial charge in [0.2, 0.25) is 5.95 Å². The van der Waals surface area contributed by atoms with E-state index in [2.05, 4.69) is 10.3 Å². The molecule has 0 amide bonds. The van der Waals surface area contributed by atoms with Crippen LogP contribution in [0, 0.1) is 5.95 Å². The third-order valence-corrected chi connectivity index (χ3v) is 2.48. The summed E-state index contributed by atoms with van der Waals surface area (Å²) in [5.74, 6) is 0.502. The van der Waals surface area contributed by atoms with Crippen molar-refractivity contribution in [2.45, 2.75) is 0 Å². The van der Waals surface area contributed by atoms with E-state index < -0.39 is 5.95 Å². The van der Waals surface area contributed by atoms with Gasteiger partial charge in [-0.25, -0.2) is 4.98 Å². The molecule has 0 fully saturated rings. The zero-order chi connectivity index (χ0) is 12.3. The van der Waals surface area contributed by atoms with Crippen LogP contribution < -0.4 is 10.1 Å². The minimum absolute atomic E-state index is 0.389. The minimum Gasteiger partial charge on any atom is -0.497 e. The van der Waals surface area contributed by atoms with Crippen molar-refractivity contribution in [2.75, 3.05) is 12.4 Å². The van der Waals surface area contributed by atoms with E-state index in [9.17, 15) is 4.39 Å². The minimum atomic E-state index is -0.547. The number of hydrogen-bond donors (Lipinski definition) is 1. The molecule has 2 aromatic rings. The molecule has 1 aromatic heterocycles. The summed E-state index contributed by atoms with van der Waals surface area (Å²) in [6.45, 7) is 0. The first kappa shape index (κ1) is 11.7. The second kappa shape index (κ2) is 5.01. The van der Waals surface area contributed by atoms with Crippen LogP contribution in [0.25, 0.3) is 0 Å². The molecule has 1 N–H and O–H groups in total. The van der Waals surface area contributed by atoms with Gasteiger partial charge in [0.25, 0.3) is 0 Å². The largest absolute Gasteiger partial charge is 0.497 e. The number of hydrogen-bond acceptors (Lipinski definition) is 3. The number of methoxy groups -OCH3 is 1. The molecule has 0 aliphatic carbocycles. The molecule has 2 rings (SSSR count). The SMILES string of the molecule is COc1ccc(Cl)c(Nc2cccc(F)n2)c1. The fourth-order valence-corrected chi connectivity index (χ4v) is 1.51. The first-order valence-corrected chi connectivity index (χ1v) is 5.30. The molecular weight excluding hydrogens is 243 g/mol. The van der Waals surface area contributed by atoms with E-state index >= 15 is 0 Å². The second-order valence-corrected chi connectivity index (χ2v) is 3.72. The van der Waals surface area contributed by atoms with E-state index in [-0.39, 0.29) is 0 Å². The van der Waals surface area contributed by atoms with Gasteiger partial charge in [-0.2, -0.15) is 4.39 Å². The molecule has 0 saturated carbocycles. The Kier molecular flexibility index (Phi) is 3.44. The fraction of sp³-hybridized carbons (Fsp3) is 0.0833. The molecule has 0 saturated heterocycles. The van der Waals surface area contributed by atoms with E-state index in [0.717, 1.165) is 0 Å². The van der Waals surface area contributed by atoms with Gasteiger partial charge >= 0.3 is 0 Å². The summed E-state index contributed by atoms with van der Waals surface area (Å²) in [5, 5.41) is 3.44. The Hall–Kier alpha value is -1.81.